The zero-order valence-corrected chi connectivity index (χ0v) is 15.6. The summed E-state index contributed by atoms with van der Waals surface area (Å²) in [6, 6.07) is 11.7. The Kier molecular flexibility index (Phi) is 4.12. The molecule has 1 aliphatic rings. The third-order valence-corrected chi connectivity index (χ3v) is 7.28. The summed E-state index contributed by atoms with van der Waals surface area (Å²) in [5.74, 6) is -0.537. The van der Waals surface area contributed by atoms with Crippen LogP contribution in [0.1, 0.15) is 36.2 Å². The van der Waals surface area contributed by atoms with Crippen LogP contribution in [0.2, 0.25) is 0 Å². The summed E-state index contributed by atoms with van der Waals surface area (Å²) in [6.07, 6.45) is 1.29. The van der Waals surface area contributed by atoms with Crippen LogP contribution >= 0.6 is 0 Å². The molecule has 1 atom stereocenters. The lowest BCUT2D eigenvalue weighted by molar-refractivity contribution is 0.296. The number of benzene rings is 2. The molecule has 6 heteroatoms. The molecule has 1 N–H and O–H groups in total. The smallest absolute Gasteiger partial charge is 0.244 e. The summed E-state index contributed by atoms with van der Waals surface area (Å²) in [4.78, 5) is 3.47. The van der Waals surface area contributed by atoms with Gasteiger partial charge in [0.05, 0.1) is 10.9 Å². The second kappa shape index (κ2) is 6.21. The molecule has 136 valence electrons. The number of sulfonamides is 1. The van der Waals surface area contributed by atoms with Gasteiger partial charge in [-0.2, -0.15) is 4.31 Å². The molecule has 1 unspecified atom stereocenters. The first-order valence-electron chi connectivity index (χ1n) is 8.81. The van der Waals surface area contributed by atoms with Crippen LogP contribution in [-0.2, 0) is 16.4 Å². The molecule has 26 heavy (non-hydrogen) atoms. The van der Waals surface area contributed by atoms with E-state index >= 15 is 0 Å². The summed E-state index contributed by atoms with van der Waals surface area (Å²) in [5.41, 5.74) is 3.73. The predicted octanol–water partition coefficient (Wildman–Crippen LogP) is 4.31. The number of aryl methyl sites for hydroxylation is 1. The molecule has 1 aromatic heterocycles. The number of halogens is 1. The summed E-state index contributed by atoms with van der Waals surface area (Å²) in [5, 5.41) is 1.15. The molecule has 0 fully saturated rings. The van der Waals surface area contributed by atoms with E-state index in [0.717, 1.165) is 22.7 Å². The van der Waals surface area contributed by atoms with Gasteiger partial charge in [-0.1, -0.05) is 31.2 Å². The number of H-pyrrole nitrogens is 1. The minimum atomic E-state index is -3.78. The van der Waals surface area contributed by atoms with E-state index < -0.39 is 15.8 Å². The highest BCUT2D eigenvalue weighted by molar-refractivity contribution is 7.89. The molecule has 2 aromatic carbocycles. The first-order valence-corrected chi connectivity index (χ1v) is 10.2. The van der Waals surface area contributed by atoms with Crippen molar-refractivity contribution < 1.29 is 12.8 Å². The SMILES string of the molecule is CCC1c2[nH]c3ccccc3c2CCN1S(=O)(=O)c1cc(F)ccc1C. The molecule has 4 rings (SSSR count). The van der Waals surface area contributed by atoms with Crippen LogP contribution in [-0.4, -0.2) is 24.3 Å². The van der Waals surface area contributed by atoms with E-state index in [9.17, 15) is 12.8 Å². The van der Waals surface area contributed by atoms with Crippen molar-refractivity contribution in [1.82, 2.24) is 9.29 Å². The van der Waals surface area contributed by atoms with E-state index in [1.54, 1.807) is 6.92 Å². The Labute approximate surface area is 152 Å². The zero-order valence-electron chi connectivity index (χ0n) is 14.8. The molecule has 0 bridgehead atoms. The molecule has 0 saturated heterocycles. The molecule has 1 aliphatic heterocycles. The molecule has 0 saturated carbocycles. The van der Waals surface area contributed by atoms with Crippen molar-refractivity contribution in [3.8, 4) is 0 Å². The number of fused-ring (bicyclic) bond motifs is 3. The van der Waals surface area contributed by atoms with E-state index in [1.165, 1.54) is 22.0 Å². The van der Waals surface area contributed by atoms with E-state index in [1.807, 2.05) is 25.1 Å². The molecule has 4 nitrogen and oxygen atoms in total. The molecule has 3 aromatic rings. The fourth-order valence-corrected chi connectivity index (χ4v) is 5.88. The van der Waals surface area contributed by atoms with Gasteiger partial charge in [-0.05, 0) is 49.1 Å². The van der Waals surface area contributed by atoms with Crippen LogP contribution in [0.5, 0.6) is 0 Å². The van der Waals surface area contributed by atoms with Crippen LogP contribution in [0.3, 0.4) is 0 Å². The van der Waals surface area contributed by atoms with Crippen molar-refractivity contribution in [3.63, 3.8) is 0 Å². The lowest BCUT2D eigenvalue weighted by Gasteiger charge is -2.34. The number of rotatable bonds is 3. The van der Waals surface area contributed by atoms with Crippen molar-refractivity contribution in [3.05, 3.63) is 65.1 Å². The summed E-state index contributed by atoms with van der Waals surface area (Å²) < 4.78 is 41.8. The number of aromatic nitrogens is 1. The van der Waals surface area contributed by atoms with Crippen molar-refractivity contribution in [2.24, 2.45) is 0 Å². The molecular weight excluding hydrogens is 351 g/mol. The van der Waals surface area contributed by atoms with Gasteiger partial charge in [-0.25, -0.2) is 12.8 Å². The third-order valence-electron chi connectivity index (χ3n) is 5.23. The molecule has 2 heterocycles. The topological polar surface area (TPSA) is 53.2 Å². The first kappa shape index (κ1) is 17.2. The quantitative estimate of drug-likeness (QED) is 0.745. The van der Waals surface area contributed by atoms with Gasteiger partial charge < -0.3 is 4.98 Å². The Bertz CT molecular complexity index is 1090. The summed E-state index contributed by atoms with van der Waals surface area (Å²) in [7, 11) is -3.78. The Morgan fingerprint density at radius 3 is 2.77 bits per heavy atom. The van der Waals surface area contributed by atoms with Gasteiger partial charge in [-0.15, -0.1) is 0 Å². The number of nitrogens with one attached hydrogen (secondary N) is 1. The third kappa shape index (κ3) is 2.56. The number of nitrogens with zero attached hydrogens (tertiary/aromatic N) is 1. The summed E-state index contributed by atoms with van der Waals surface area (Å²) >= 11 is 0. The van der Waals surface area contributed by atoms with Gasteiger partial charge in [0, 0.05) is 23.1 Å². The Morgan fingerprint density at radius 1 is 1.23 bits per heavy atom. The highest BCUT2D eigenvalue weighted by Crippen LogP contribution is 2.39. The van der Waals surface area contributed by atoms with Crippen LogP contribution in [0.25, 0.3) is 10.9 Å². The van der Waals surface area contributed by atoms with Gasteiger partial charge in [0.1, 0.15) is 5.82 Å². The fraction of sp³-hybridized carbons (Fsp3) is 0.300. The van der Waals surface area contributed by atoms with Crippen LogP contribution in [0.15, 0.2) is 47.4 Å². The van der Waals surface area contributed by atoms with Crippen LogP contribution < -0.4 is 0 Å². The number of hydrogen-bond donors (Lipinski definition) is 1. The second-order valence-electron chi connectivity index (χ2n) is 6.76. The van der Waals surface area contributed by atoms with Gasteiger partial charge in [0.15, 0.2) is 0 Å². The lowest BCUT2D eigenvalue weighted by atomic mass is 9.98. The van der Waals surface area contributed by atoms with Crippen molar-refractivity contribution in [2.45, 2.75) is 37.6 Å². The van der Waals surface area contributed by atoms with Gasteiger partial charge >= 0.3 is 0 Å². The van der Waals surface area contributed by atoms with Gasteiger partial charge in [-0.3, -0.25) is 0 Å². The summed E-state index contributed by atoms with van der Waals surface area (Å²) in [6.45, 7) is 4.07. The molecular formula is C20H21FN2O2S. The number of para-hydroxylation sites is 1. The normalized spacial score (nSPS) is 18.2. The van der Waals surface area contributed by atoms with Crippen molar-refractivity contribution >= 4 is 20.9 Å². The maximum absolute atomic E-state index is 13.7. The van der Waals surface area contributed by atoms with Crippen LogP contribution in [0.4, 0.5) is 4.39 Å². The zero-order chi connectivity index (χ0) is 18.5. The van der Waals surface area contributed by atoms with Crippen LogP contribution in [0, 0.1) is 12.7 Å². The molecule has 0 spiro atoms. The standard InChI is InChI=1S/C20H21FN2O2S/c1-3-18-20-16(15-6-4-5-7-17(15)22-20)10-11-23(18)26(24,25)19-12-14(21)9-8-13(19)2/h4-9,12,18,22H,3,10-11H2,1-2H3. The van der Waals surface area contributed by atoms with Crippen molar-refractivity contribution in [1.29, 1.82) is 0 Å². The van der Waals surface area contributed by atoms with E-state index in [0.29, 0.717) is 24.9 Å². The van der Waals surface area contributed by atoms with E-state index in [4.69, 9.17) is 0 Å². The maximum atomic E-state index is 13.7. The number of aromatic amines is 1. The van der Waals surface area contributed by atoms with Gasteiger partial charge in [0.2, 0.25) is 10.0 Å². The average Bonchev–Trinajstić information content (AvgIpc) is 3.01. The second-order valence-corrected chi connectivity index (χ2v) is 8.62. The maximum Gasteiger partial charge on any atom is 0.244 e. The average molecular weight is 372 g/mol. The fourth-order valence-electron chi connectivity index (χ4n) is 3.97. The first-order chi connectivity index (χ1) is 12.4. The van der Waals surface area contributed by atoms with Gasteiger partial charge in [0.25, 0.3) is 0 Å². The molecule has 0 radical (unpaired) electrons. The highest BCUT2D eigenvalue weighted by atomic mass is 32.2. The monoisotopic (exact) mass is 372 g/mol. The predicted molar refractivity (Wildman–Crippen MR) is 100 cm³/mol. The minimum Gasteiger partial charge on any atom is -0.357 e. The number of hydrogen-bond acceptors (Lipinski definition) is 2. The minimum absolute atomic E-state index is 0.0514. The largest absolute Gasteiger partial charge is 0.357 e. The highest BCUT2D eigenvalue weighted by Gasteiger charge is 2.37. The molecule has 0 amide bonds. The Morgan fingerprint density at radius 2 is 2.00 bits per heavy atom. The Hall–Kier alpha value is -2.18. The van der Waals surface area contributed by atoms with Crippen molar-refractivity contribution in [2.75, 3.05) is 6.54 Å². The van der Waals surface area contributed by atoms with E-state index in [2.05, 4.69) is 11.1 Å². The van der Waals surface area contributed by atoms with E-state index in [-0.39, 0.29) is 10.9 Å². The molecule has 0 aliphatic carbocycles. The Balaban J connectivity index is 1.84. The lowest BCUT2D eigenvalue weighted by Crippen LogP contribution is -2.40.